The minimum absolute atomic E-state index is 0.0256. The largest absolute Gasteiger partial charge is 0.481 e. The zero-order valence-corrected chi connectivity index (χ0v) is 12.0. The van der Waals surface area contributed by atoms with Gasteiger partial charge in [0.1, 0.15) is 0 Å². The summed E-state index contributed by atoms with van der Waals surface area (Å²) in [6.07, 6.45) is 7.62. The van der Waals surface area contributed by atoms with Crippen LogP contribution in [0.25, 0.3) is 0 Å². The Hall–Kier alpha value is -1.10. The molecule has 2 N–H and O–H groups in total. The van der Waals surface area contributed by atoms with Gasteiger partial charge in [0, 0.05) is 19.6 Å². The number of nitrogens with one attached hydrogen (secondary N) is 1. The molecule has 114 valence electrons. The lowest BCUT2D eigenvalue weighted by atomic mass is 9.79. The summed E-state index contributed by atoms with van der Waals surface area (Å²) in [6.45, 7) is 1.34. The van der Waals surface area contributed by atoms with E-state index in [0.717, 1.165) is 51.6 Å². The molecule has 1 atom stereocenters. The topological polar surface area (TPSA) is 75.6 Å². The third-order valence-electron chi connectivity index (χ3n) is 4.53. The van der Waals surface area contributed by atoms with E-state index in [0.29, 0.717) is 13.0 Å². The zero-order valence-electron chi connectivity index (χ0n) is 12.0. The van der Waals surface area contributed by atoms with Crippen molar-refractivity contribution >= 4 is 11.9 Å². The molecule has 1 heterocycles. The molecular formula is C15H25NO4. The molecule has 1 aliphatic carbocycles. The molecule has 0 spiro atoms. The van der Waals surface area contributed by atoms with Crippen LogP contribution in [0.5, 0.6) is 0 Å². The molecule has 1 aliphatic heterocycles. The first-order valence-electron chi connectivity index (χ1n) is 7.70. The summed E-state index contributed by atoms with van der Waals surface area (Å²) in [5.41, 5.74) is -0.316. The van der Waals surface area contributed by atoms with Crippen LogP contribution in [0.15, 0.2) is 0 Å². The number of carboxylic acid groups (broad SMARTS) is 1. The maximum absolute atomic E-state index is 12.1. The highest BCUT2D eigenvalue weighted by Gasteiger charge is 2.38. The van der Waals surface area contributed by atoms with Crippen molar-refractivity contribution in [1.29, 1.82) is 0 Å². The average molecular weight is 283 g/mol. The van der Waals surface area contributed by atoms with Gasteiger partial charge in [-0.25, -0.2) is 0 Å². The summed E-state index contributed by atoms with van der Waals surface area (Å²) in [7, 11) is 0. The van der Waals surface area contributed by atoms with Gasteiger partial charge >= 0.3 is 5.97 Å². The van der Waals surface area contributed by atoms with E-state index in [4.69, 9.17) is 9.84 Å². The normalized spacial score (nSPS) is 25.3. The fraction of sp³-hybridized carbons (Fsp3) is 0.867. The summed E-state index contributed by atoms with van der Waals surface area (Å²) in [4.78, 5) is 23.1. The van der Waals surface area contributed by atoms with Gasteiger partial charge in [-0.3, -0.25) is 9.59 Å². The standard InChI is InChI=1S/C15H25NO4/c17-13(16-11-12-5-1-4-8-20-12)9-15(10-14(18)19)6-2-3-7-15/h12H,1-11H2,(H,16,17)(H,18,19). The lowest BCUT2D eigenvalue weighted by molar-refractivity contribution is -0.140. The Bertz CT molecular complexity index is 344. The Morgan fingerprint density at radius 3 is 2.50 bits per heavy atom. The van der Waals surface area contributed by atoms with Gasteiger partial charge in [0.2, 0.25) is 5.91 Å². The minimum Gasteiger partial charge on any atom is -0.481 e. The molecule has 0 radical (unpaired) electrons. The number of carboxylic acids is 1. The van der Waals surface area contributed by atoms with Crippen molar-refractivity contribution < 1.29 is 19.4 Å². The lowest BCUT2D eigenvalue weighted by Crippen LogP contribution is -2.38. The van der Waals surface area contributed by atoms with Gasteiger partial charge in [-0.05, 0) is 37.5 Å². The van der Waals surface area contributed by atoms with Gasteiger partial charge in [-0.2, -0.15) is 0 Å². The van der Waals surface area contributed by atoms with Crippen LogP contribution < -0.4 is 5.32 Å². The highest BCUT2D eigenvalue weighted by Crippen LogP contribution is 2.43. The Kier molecular flexibility index (Phi) is 5.40. The molecule has 1 unspecified atom stereocenters. The molecular weight excluding hydrogens is 258 g/mol. The van der Waals surface area contributed by atoms with Crippen molar-refractivity contribution in [2.75, 3.05) is 13.2 Å². The molecule has 0 aromatic heterocycles. The van der Waals surface area contributed by atoms with E-state index in [2.05, 4.69) is 5.32 Å². The molecule has 5 heteroatoms. The maximum atomic E-state index is 12.1. The second-order valence-electron chi connectivity index (χ2n) is 6.25. The predicted molar refractivity (Wildman–Crippen MR) is 74.4 cm³/mol. The minimum atomic E-state index is -0.796. The fourth-order valence-corrected chi connectivity index (χ4v) is 3.46. The van der Waals surface area contributed by atoms with Crippen molar-refractivity contribution in [3.05, 3.63) is 0 Å². The smallest absolute Gasteiger partial charge is 0.303 e. The van der Waals surface area contributed by atoms with Crippen molar-refractivity contribution in [2.45, 2.75) is 63.9 Å². The molecule has 0 aromatic carbocycles. The van der Waals surface area contributed by atoms with Gasteiger partial charge < -0.3 is 15.2 Å². The Morgan fingerprint density at radius 2 is 1.90 bits per heavy atom. The van der Waals surface area contributed by atoms with Crippen LogP contribution in [-0.2, 0) is 14.3 Å². The van der Waals surface area contributed by atoms with Crippen LogP contribution in [0.2, 0.25) is 0 Å². The summed E-state index contributed by atoms with van der Waals surface area (Å²) < 4.78 is 5.58. The van der Waals surface area contributed by atoms with Crippen LogP contribution >= 0.6 is 0 Å². The summed E-state index contributed by atoms with van der Waals surface area (Å²) in [5, 5.41) is 12.0. The van der Waals surface area contributed by atoms with Crippen LogP contribution in [0.3, 0.4) is 0 Å². The van der Waals surface area contributed by atoms with Crippen LogP contribution in [0.1, 0.15) is 57.8 Å². The quantitative estimate of drug-likeness (QED) is 0.782. The molecule has 1 saturated carbocycles. The van der Waals surface area contributed by atoms with Gasteiger partial charge in [0.05, 0.1) is 12.5 Å². The molecule has 1 saturated heterocycles. The Morgan fingerprint density at radius 1 is 1.15 bits per heavy atom. The molecule has 5 nitrogen and oxygen atoms in total. The first kappa shape index (κ1) is 15.3. The fourth-order valence-electron chi connectivity index (χ4n) is 3.46. The number of aliphatic carboxylic acids is 1. The van der Waals surface area contributed by atoms with Crippen molar-refractivity contribution in [2.24, 2.45) is 5.41 Å². The molecule has 20 heavy (non-hydrogen) atoms. The van der Waals surface area contributed by atoms with E-state index in [1.54, 1.807) is 0 Å². The van der Waals surface area contributed by atoms with Crippen LogP contribution in [0, 0.1) is 5.41 Å². The third kappa shape index (κ3) is 4.47. The highest BCUT2D eigenvalue weighted by molar-refractivity contribution is 5.78. The predicted octanol–water partition coefficient (Wildman–Crippen LogP) is 2.10. The first-order chi connectivity index (χ1) is 9.60. The molecule has 2 rings (SSSR count). The zero-order chi connectivity index (χ0) is 14.4. The number of ether oxygens (including phenoxy) is 1. The summed E-state index contributed by atoms with van der Waals surface area (Å²) >= 11 is 0. The molecule has 0 aromatic rings. The van der Waals surface area contributed by atoms with Gasteiger partial charge in [-0.15, -0.1) is 0 Å². The van der Waals surface area contributed by atoms with Crippen molar-refractivity contribution in [3.8, 4) is 0 Å². The summed E-state index contributed by atoms with van der Waals surface area (Å²) in [5.74, 6) is -0.822. The van der Waals surface area contributed by atoms with Crippen LogP contribution in [-0.4, -0.2) is 36.2 Å². The molecule has 1 amide bonds. The van der Waals surface area contributed by atoms with Crippen LogP contribution in [0.4, 0.5) is 0 Å². The number of carbonyl (C=O) groups is 2. The van der Waals surface area contributed by atoms with E-state index < -0.39 is 5.97 Å². The maximum Gasteiger partial charge on any atom is 0.303 e. The van der Waals surface area contributed by atoms with Crippen molar-refractivity contribution in [1.82, 2.24) is 5.32 Å². The first-order valence-corrected chi connectivity index (χ1v) is 7.70. The van der Waals surface area contributed by atoms with E-state index in [-0.39, 0.29) is 23.8 Å². The van der Waals surface area contributed by atoms with Gasteiger partial charge in [-0.1, -0.05) is 12.8 Å². The molecule has 0 bridgehead atoms. The number of carbonyl (C=O) groups excluding carboxylic acids is 1. The van der Waals surface area contributed by atoms with E-state index in [9.17, 15) is 9.59 Å². The second-order valence-corrected chi connectivity index (χ2v) is 6.25. The van der Waals surface area contributed by atoms with E-state index in [1.165, 1.54) is 0 Å². The second kappa shape index (κ2) is 7.07. The van der Waals surface area contributed by atoms with E-state index >= 15 is 0 Å². The number of hydrogen-bond donors (Lipinski definition) is 2. The number of hydrogen-bond acceptors (Lipinski definition) is 3. The molecule has 2 fully saturated rings. The van der Waals surface area contributed by atoms with Gasteiger partial charge in [0.15, 0.2) is 0 Å². The monoisotopic (exact) mass is 283 g/mol. The average Bonchev–Trinajstić information content (AvgIpc) is 2.85. The highest BCUT2D eigenvalue weighted by atomic mass is 16.5. The van der Waals surface area contributed by atoms with Crippen molar-refractivity contribution in [3.63, 3.8) is 0 Å². The number of amides is 1. The Balaban J connectivity index is 1.77. The summed E-state index contributed by atoms with van der Waals surface area (Å²) in [6, 6.07) is 0. The number of rotatable bonds is 6. The Labute approximate surface area is 120 Å². The SMILES string of the molecule is O=C(O)CC1(CC(=O)NCC2CCCCO2)CCCC1. The van der Waals surface area contributed by atoms with Gasteiger partial charge in [0.25, 0.3) is 0 Å². The third-order valence-corrected chi connectivity index (χ3v) is 4.53. The van der Waals surface area contributed by atoms with E-state index in [1.807, 2.05) is 0 Å². The molecule has 2 aliphatic rings. The lowest BCUT2D eigenvalue weighted by Gasteiger charge is -2.27.